The molecule has 1 amide bonds. The molecule has 0 radical (unpaired) electrons. The van der Waals surface area contributed by atoms with E-state index in [4.69, 9.17) is 9.72 Å². The molecule has 0 spiro atoms. The number of ether oxygens (including phenoxy) is 1. The van der Waals surface area contributed by atoms with Crippen molar-refractivity contribution in [2.24, 2.45) is 0 Å². The summed E-state index contributed by atoms with van der Waals surface area (Å²) in [5.41, 5.74) is 2.95. The fraction of sp³-hybridized carbons (Fsp3) is 0.346. The number of carbonyl (C=O) groups is 1. The van der Waals surface area contributed by atoms with Gasteiger partial charge in [0.1, 0.15) is 11.6 Å². The maximum atomic E-state index is 13.7. The first-order valence-electron chi connectivity index (χ1n) is 11.4. The molecule has 6 heteroatoms. The van der Waals surface area contributed by atoms with E-state index >= 15 is 0 Å². The van der Waals surface area contributed by atoms with E-state index in [1.807, 2.05) is 47.4 Å². The Morgan fingerprint density at radius 3 is 2.75 bits per heavy atom. The molecule has 0 unspecified atom stereocenters. The standard InChI is InChI=1S/C26H28N4O2/c1-18(19-7-3-2-4-8-19)28-26-27-15-13-24(29-26)30(22-9-5-6-10-22)25(31)21-11-12-23-20(17-21)14-16-32-23/h2-4,7-8,11-13,15,17-18,22H,5-6,9-10,14,16H2,1H3,(H,27,28,29)/t18-/m0/s1. The zero-order valence-electron chi connectivity index (χ0n) is 18.3. The maximum Gasteiger partial charge on any atom is 0.259 e. The molecule has 6 nitrogen and oxygen atoms in total. The Bertz CT molecular complexity index is 1100. The van der Waals surface area contributed by atoms with Crippen LogP contribution in [0.1, 0.15) is 60.1 Å². The van der Waals surface area contributed by atoms with Crippen molar-refractivity contribution in [1.82, 2.24) is 9.97 Å². The van der Waals surface area contributed by atoms with Crippen LogP contribution in [0.4, 0.5) is 11.8 Å². The monoisotopic (exact) mass is 428 g/mol. The van der Waals surface area contributed by atoms with Gasteiger partial charge in [0, 0.05) is 24.2 Å². The first-order chi connectivity index (χ1) is 15.7. The normalized spacial score (nSPS) is 16.3. The lowest BCUT2D eigenvalue weighted by Crippen LogP contribution is -2.39. The number of carbonyl (C=O) groups excluding carboxylic acids is 1. The zero-order chi connectivity index (χ0) is 21.9. The van der Waals surface area contributed by atoms with Crippen LogP contribution in [-0.2, 0) is 6.42 Å². The van der Waals surface area contributed by atoms with Gasteiger partial charge < -0.3 is 10.1 Å². The van der Waals surface area contributed by atoms with E-state index in [1.54, 1.807) is 6.20 Å². The molecule has 3 aromatic rings. The third-order valence-corrected chi connectivity index (χ3v) is 6.38. The molecule has 0 saturated heterocycles. The predicted octanol–water partition coefficient (Wildman–Crippen LogP) is 5.17. The van der Waals surface area contributed by atoms with Gasteiger partial charge in [-0.2, -0.15) is 4.98 Å². The van der Waals surface area contributed by atoms with Crippen molar-refractivity contribution in [3.05, 3.63) is 77.5 Å². The third-order valence-electron chi connectivity index (χ3n) is 6.38. The smallest absolute Gasteiger partial charge is 0.259 e. The minimum absolute atomic E-state index is 0.00708. The number of rotatable bonds is 6. The summed E-state index contributed by atoms with van der Waals surface area (Å²) in [6.45, 7) is 2.76. The number of hydrogen-bond donors (Lipinski definition) is 1. The van der Waals surface area contributed by atoms with Crippen LogP contribution in [0.2, 0.25) is 0 Å². The van der Waals surface area contributed by atoms with Crippen molar-refractivity contribution in [1.29, 1.82) is 0 Å². The van der Waals surface area contributed by atoms with Crippen LogP contribution in [0.15, 0.2) is 60.8 Å². The van der Waals surface area contributed by atoms with Crippen LogP contribution < -0.4 is 15.0 Å². The molecule has 164 valence electrons. The van der Waals surface area contributed by atoms with Gasteiger partial charge in [-0.05, 0) is 55.2 Å². The predicted molar refractivity (Wildman–Crippen MR) is 125 cm³/mol. The Kier molecular flexibility index (Phi) is 5.75. The summed E-state index contributed by atoms with van der Waals surface area (Å²) in [4.78, 5) is 24.7. The summed E-state index contributed by atoms with van der Waals surface area (Å²) in [5.74, 6) is 2.05. The van der Waals surface area contributed by atoms with Crippen molar-refractivity contribution in [3.63, 3.8) is 0 Å². The largest absolute Gasteiger partial charge is 0.493 e. The second kappa shape index (κ2) is 8.99. The summed E-state index contributed by atoms with van der Waals surface area (Å²) in [6, 6.07) is 18.0. The first kappa shape index (κ1) is 20.5. The number of benzene rings is 2. The van der Waals surface area contributed by atoms with Crippen molar-refractivity contribution in [3.8, 4) is 5.75 Å². The molecule has 0 bridgehead atoms. The molecule has 1 saturated carbocycles. The summed E-state index contributed by atoms with van der Waals surface area (Å²) in [5, 5.41) is 3.38. The molecule has 1 fully saturated rings. The quantitative estimate of drug-likeness (QED) is 0.586. The van der Waals surface area contributed by atoms with Crippen molar-refractivity contribution in [2.75, 3.05) is 16.8 Å². The lowest BCUT2D eigenvalue weighted by molar-refractivity contribution is 0.0976. The van der Waals surface area contributed by atoms with Gasteiger partial charge in [0.15, 0.2) is 0 Å². The van der Waals surface area contributed by atoms with Crippen LogP contribution in [0.3, 0.4) is 0 Å². The molecule has 1 N–H and O–H groups in total. The molecule has 1 aromatic heterocycles. The molecule has 32 heavy (non-hydrogen) atoms. The Morgan fingerprint density at radius 1 is 1.12 bits per heavy atom. The van der Waals surface area contributed by atoms with Gasteiger partial charge >= 0.3 is 0 Å². The number of aromatic nitrogens is 2. The highest BCUT2D eigenvalue weighted by molar-refractivity contribution is 6.06. The van der Waals surface area contributed by atoms with Gasteiger partial charge in [0.25, 0.3) is 5.91 Å². The number of hydrogen-bond acceptors (Lipinski definition) is 5. The van der Waals surface area contributed by atoms with Gasteiger partial charge in [-0.1, -0.05) is 43.2 Å². The van der Waals surface area contributed by atoms with Crippen LogP contribution in [0.5, 0.6) is 5.75 Å². The summed E-state index contributed by atoms with van der Waals surface area (Å²) < 4.78 is 5.61. The molecule has 2 aliphatic rings. The number of amides is 1. The van der Waals surface area contributed by atoms with Gasteiger partial charge in [0.2, 0.25) is 5.95 Å². The van der Waals surface area contributed by atoms with E-state index in [9.17, 15) is 4.79 Å². The topological polar surface area (TPSA) is 67.4 Å². The lowest BCUT2D eigenvalue weighted by Gasteiger charge is -2.28. The highest BCUT2D eigenvalue weighted by atomic mass is 16.5. The van der Waals surface area contributed by atoms with E-state index in [0.717, 1.165) is 49.0 Å². The van der Waals surface area contributed by atoms with Gasteiger partial charge in [-0.15, -0.1) is 0 Å². The van der Waals surface area contributed by atoms with Gasteiger partial charge in [-0.25, -0.2) is 4.98 Å². The Labute approximate surface area is 188 Å². The SMILES string of the molecule is C[C@H](Nc1nccc(N(C(=O)c2ccc3c(c2)CCO3)C2CCCC2)n1)c1ccccc1. The Hall–Kier alpha value is -3.41. The minimum Gasteiger partial charge on any atom is -0.493 e. The average Bonchev–Trinajstić information content (AvgIpc) is 3.52. The summed E-state index contributed by atoms with van der Waals surface area (Å²) in [7, 11) is 0. The van der Waals surface area contributed by atoms with Crippen molar-refractivity contribution < 1.29 is 9.53 Å². The first-order valence-corrected chi connectivity index (χ1v) is 11.4. The van der Waals surface area contributed by atoms with Crippen molar-refractivity contribution >= 4 is 17.7 Å². The molecule has 2 heterocycles. The average molecular weight is 429 g/mol. The van der Waals surface area contributed by atoms with Crippen LogP contribution >= 0.6 is 0 Å². The zero-order valence-corrected chi connectivity index (χ0v) is 18.3. The van der Waals surface area contributed by atoms with E-state index in [2.05, 4.69) is 29.4 Å². The maximum absolute atomic E-state index is 13.7. The van der Waals surface area contributed by atoms with Gasteiger partial charge in [0.05, 0.1) is 12.6 Å². The lowest BCUT2D eigenvalue weighted by atomic mass is 10.1. The van der Waals surface area contributed by atoms with Crippen LogP contribution in [0.25, 0.3) is 0 Å². The summed E-state index contributed by atoms with van der Waals surface area (Å²) in [6.07, 6.45) is 6.83. The van der Waals surface area contributed by atoms with Crippen LogP contribution in [-0.4, -0.2) is 28.5 Å². The highest BCUT2D eigenvalue weighted by Gasteiger charge is 2.31. The van der Waals surface area contributed by atoms with E-state index in [1.165, 1.54) is 0 Å². The van der Waals surface area contributed by atoms with E-state index in [-0.39, 0.29) is 18.0 Å². The second-order valence-electron chi connectivity index (χ2n) is 8.55. The molecule has 2 aromatic carbocycles. The number of nitrogens with zero attached hydrogens (tertiary/aromatic N) is 3. The second-order valence-corrected chi connectivity index (χ2v) is 8.55. The molecular formula is C26H28N4O2. The van der Waals surface area contributed by atoms with E-state index in [0.29, 0.717) is 23.9 Å². The molecule has 1 aliphatic heterocycles. The highest BCUT2D eigenvalue weighted by Crippen LogP contribution is 2.31. The molecular weight excluding hydrogens is 400 g/mol. The fourth-order valence-corrected chi connectivity index (χ4v) is 4.65. The minimum atomic E-state index is -0.00708. The molecule has 5 rings (SSSR count). The van der Waals surface area contributed by atoms with Gasteiger partial charge in [-0.3, -0.25) is 9.69 Å². The molecule has 1 aliphatic carbocycles. The Balaban J connectivity index is 1.43. The van der Waals surface area contributed by atoms with Crippen molar-refractivity contribution in [2.45, 2.75) is 51.1 Å². The number of anilines is 2. The third kappa shape index (κ3) is 4.17. The Morgan fingerprint density at radius 2 is 1.94 bits per heavy atom. The fourth-order valence-electron chi connectivity index (χ4n) is 4.65. The number of fused-ring (bicyclic) bond motifs is 1. The summed E-state index contributed by atoms with van der Waals surface area (Å²) >= 11 is 0. The number of nitrogens with one attached hydrogen (secondary N) is 1. The van der Waals surface area contributed by atoms with E-state index < -0.39 is 0 Å². The molecule has 1 atom stereocenters. The van der Waals surface area contributed by atoms with Crippen LogP contribution in [0, 0.1) is 0 Å².